The highest BCUT2D eigenvalue weighted by Gasteiger charge is 2.08. The number of furan rings is 1. The molecular weight excluding hydrogens is 242 g/mol. The summed E-state index contributed by atoms with van der Waals surface area (Å²) in [6.07, 6.45) is 1.62. The van der Waals surface area contributed by atoms with Gasteiger partial charge in [0, 0.05) is 18.4 Å². The maximum Gasteiger partial charge on any atom is 0.270 e. The van der Waals surface area contributed by atoms with E-state index >= 15 is 0 Å². The van der Waals surface area contributed by atoms with Crippen molar-refractivity contribution >= 4 is 11.6 Å². The molecule has 2 aromatic rings. The summed E-state index contributed by atoms with van der Waals surface area (Å²) in [6, 6.07) is 7.27. The van der Waals surface area contributed by atoms with Crippen LogP contribution in [0.1, 0.15) is 28.9 Å². The molecule has 0 atom stereocenters. The first kappa shape index (κ1) is 13.1. The standard InChI is InChI=1S/C14H17N3O2/c1-3-15-11-6-7-16-13(8-11)14(18)17-9-12-5-4-10(2)19-12/h4-8H,3,9H2,1-2H3,(H,15,16)(H,17,18). The Kier molecular flexibility index (Phi) is 4.18. The second-order valence-electron chi connectivity index (χ2n) is 4.16. The number of aromatic nitrogens is 1. The molecule has 0 saturated carbocycles. The van der Waals surface area contributed by atoms with Crippen LogP contribution in [0, 0.1) is 6.92 Å². The largest absolute Gasteiger partial charge is 0.465 e. The Morgan fingerprint density at radius 3 is 2.89 bits per heavy atom. The Morgan fingerprint density at radius 1 is 1.37 bits per heavy atom. The van der Waals surface area contributed by atoms with Gasteiger partial charge in [-0.3, -0.25) is 9.78 Å². The van der Waals surface area contributed by atoms with E-state index in [2.05, 4.69) is 15.6 Å². The van der Waals surface area contributed by atoms with Crippen LogP contribution in [0.2, 0.25) is 0 Å². The Morgan fingerprint density at radius 2 is 2.21 bits per heavy atom. The molecule has 5 nitrogen and oxygen atoms in total. The summed E-state index contributed by atoms with van der Waals surface area (Å²) in [7, 11) is 0. The molecule has 100 valence electrons. The number of pyridine rings is 1. The number of nitrogens with zero attached hydrogens (tertiary/aromatic N) is 1. The third-order valence-corrected chi connectivity index (χ3v) is 2.59. The van der Waals surface area contributed by atoms with Gasteiger partial charge in [-0.05, 0) is 38.1 Å². The van der Waals surface area contributed by atoms with Gasteiger partial charge in [0.15, 0.2) is 0 Å². The molecule has 0 saturated heterocycles. The maximum absolute atomic E-state index is 11.9. The van der Waals surface area contributed by atoms with Crippen LogP contribution in [0.3, 0.4) is 0 Å². The highest BCUT2D eigenvalue weighted by atomic mass is 16.3. The zero-order valence-corrected chi connectivity index (χ0v) is 11.1. The number of hydrogen-bond donors (Lipinski definition) is 2. The van der Waals surface area contributed by atoms with Crippen LogP contribution in [-0.4, -0.2) is 17.4 Å². The third-order valence-electron chi connectivity index (χ3n) is 2.59. The molecule has 2 heterocycles. The van der Waals surface area contributed by atoms with Crippen LogP contribution >= 0.6 is 0 Å². The van der Waals surface area contributed by atoms with Crippen molar-refractivity contribution in [3.63, 3.8) is 0 Å². The van der Waals surface area contributed by atoms with E-state index in [4.69, 9.17) is 4.42 Å². The molecule has 2 rings (SSSR count). The molecule has 5 heteroatoms. The Balaban J connectivity index is 1.97. The molecule has 0 fully saturated rings. The van der Waals surface area contributed by atoms with Gasteiger partial charge in [0.2, 0.25) is 0 Å². The second-order valence-corrected chi connectivity index (χ2v) is 4.16. The minimum absolute atomic E-state index is 0.214. The fourth-order valence-corrected chi connectivity index (χ4v) is 1.71. The van der Waals surface area contributed by atoms with Gasteiger partial charge in [-0.15, -0.1) is 0 Å². The molecule has 0 bridgehead atoms. The topological polar surface area (TPSA) is 67.2 Å². The summed E-state index contributed by atoms with van der Waals surface area (Å²) in [6.45, 7) is 5.03. The SMILES string of the molecule is CCNc1ccnc(C(=O)NCc2ccc(C)o2)c1. The highest BCUT2D eigenvalue weighted by molar-refractivity contribution is 5.92. The first-order valence-corrected chi connectivity index (χ1v) is 6.22. The molecule has 0 radical (unpaired) electrons. The summed E-state index contributed by atoms with van der Waals surface area (Å²) < 4.78 is 5.38. The van der Waals surface area contributed by atoms with Gasteiger partial charge in [-0.1, -0.05) is 0 Å². The molecule has 0 aliphatic carbocycles. The monoisotopic (exact) mass is 259 g/mol. The summed E-state index contributed by atoms with van der Waals surface area (Å²) in [5, 5.41) is 5.92. The van der Waals surface area contributed by atoms with Gasteiger partial charge < -0.3 is 15.1 Å². The molecule has 2 aromatic heterocycles. The van der Waals surface area contributed by atoms with Gasteiger partial charge in [0.1, 0.15) is 17.2 Å². The second kappa shape index (κ2) is 6.04. The van der Waals surface area contributed by atoms with Crippen LogP contribution in [-0.2, 0) is 6.54 Å². The lowest BCUT2D eigenvalue weighted by Gasteiger charge is -2.06. The minimum atomic E-state index is -0.214. The molecule has 0 unspecified atom stereocenters. The Hall–Kier alpha value is -2.30. The number of anilines is 1. The number of carbonyl (C=O) groups excluding carboxylic acids is 1. The minimum Gasteiger partial charge on any atom is -0.465 e. The first-order chi connectivity index (χ1) is 9.19. The fourth-order valence-electron chi connectivity index (χ4n) is 1.71. The summed E-state index contributed by atoms with van der Waals surface area (Å²) in [5.41, 5.74) is 1.28. The molecular formula is C14H17N3O2. The predicted octanol–water partition coefficient (Wildman–Crippen LogP) is 2.34. The van der Waals surface area contributed by atoms with Crippen LogP contribution in [0.4, 0.5) is 5.69 Å². The molecule has 0 aliphatic rings. The summed E-state index contributed by atoms with van der Waals surface area (Å²) in [4.78, 5) is 16.0. The number of aryl methyl sites for hydroxylation is 1. The zero-order valence-electron chi connectivity index (χ0n) is 11.1. The van der Waals surface area contributed by atoms with E-state index in [0.717, 1.165) is 23.8 Å². The predicted molar refractivity (Wildman–Crippen MR) is 73.0 cm³/mol. The molecule has 0 spiro atoms. The van der Waals surface area contributed by atoms with Gasteiger partial charge in [-0.2, -0.15) is 0 Å². The van der Waals surface area contributed by atoms with Crippen molar-refractivity contribution in [2.24, 2.45) is 0 Å². The van der Waals surface area contributed by atoms with Crippen molar-refractivity contribution < 1.29 is 9.21 Å². The van der Waals surface area contributed by atoms with Crippen molar-refractivity contribution in [3.8, 4) is 0 Å². The van der Waals surface area contributed by atoms with Crippen LogP contribution in [0.5, 0.6) is 0 Å². The van der Waals surface area contributed by atoms with Crippen molar-refractivity contribution in [2.75, 3.05) is 11.9 Å². The average Bonchev–Trinajstić information content (AvgIpc) is 2.82. The van der Waals surface area contributed by atoms with Crippen molar-refractivity contribution in [2.45, 2.75) is 20.4 Å². The molecule has 1 amide bonds. The van der Waals surface area contributed by atoms with Crippen LogP contribution in [0.25, 0.3) is 0 Å². The number of hydrogen-bond acceptors (Lipinski definition) is 4. The lowest BCUT2D eigenvalue weighted by molar-refractivity contribution is 0.0943. The van der Waals surface area contributed by atoms with Crippen LogP contribution < -0.4 is 10.6 Å². The van der Waals surface area contributed by atoms with Gasteiger partial charge in [-0.25, -0.2) is 0 Å². The van der Waals surface area contributed by atoms with E-state index in [-0.39, 0.29) is 5.91 Å². The number of rotatable bonds is 5. The van der Waals surface area contributed by atoms with E-state index in [1.54, 1.807) is 12.3 Å². The lowest BCUT2D eigenvalue weighted by atomic mass is 10.3. The van der Waals surface area contributed by atoms with E-state index < -0.39 is 0 Å². The number of nitrogens with one attached hydrogen (secondary N) is 2. The number of carbonyl (C=O) groups is 1. The smallest absolute Gasteiger partial charge is 0.270 e. The summed E-state index contributed by atoms with van der Waals surface area (Å²) >= 11 is 0. The first-order valence-electron chi connectivity index (χ1n) is 6.22. The van der Waals surface area contributed by atoms with E-state index in [1.807, 2.05) is 32.0 Å². The molecule has 0 aromatic carbocycles. The van der Waals surface area contributed by atoms with E-state index in [1.165, 1.54) is 0 Å². The molecule has 19 heavy (non-hydrogen) atoms. The van der Waals surface area contributed by atoms with E-state index in [0.29, 0.717) is 12.2 Å². The fraction of sp³-hybridized carbons (Fsp3) is 0.286. The van der Waals surface area contributed by atoms with Gasteiger partial charge in [0.25, 0.3) is 5.91 Å². The lowest BCUT2D eigenvalue weighted by Crippen LogP contribution is -2.23. The third kappa shape index (κ3) is 3.58. The highest BCUT2D eigenvalue weighted by Crippen LogP contribution is 2.09. The van der Waals surface area contributed by atoms with Crippen molar-refractivity contribution in [1.29, 1.82) is 0 Å². The normalized spacial score (nSPS) is 10.2. The quantitative estimate of drug-likeness (QED) is 0.865. The van der Waals surface area contributed by atoms with Crippen molar-refractivity contribution in [1.82, 2.24) is 10.3 Å². The average molecular weight is 259 g/mol. The number of amides is 1. The van der Waals surface area contributed by atoms with Gasteiger partial charge in [0.05, 0.1) is 6.54 Å². The van der Waals surface area contributed by atoms with E-state index in [9.17, 15) is 4.79 Å². The van der Waals surface area contributed by atoms with Crippen LogP contribution in [0.15, 0.2) is 34.9 Å². The Labute approximate surface area is 112 Å². The Bertz CT molecular complexity index is 563. The summed E-state index contributed by atoms with van der Waals surface area (Å²) in [5.74, 6) is 1.35. The maximum atomic E-state index is 11.9. The van der Waals surface area contributed by atoms with Gasteiger partial charge >= 0.3 is 0 Å². The van der Waals surface area contributed by atoms with Crippen molar-refractivity contribution in [3.05, 3.63) is 47.7 Å². The zero-order chi connectivity index (χ0) is 13.7. The molecule has 2 N–H and O–H groups in total. The molecule has 0 aliphatic heterocycles.